The van der Waals surface area contributed by atoms with Crippen molar-refractivity contribution in [1.29, 1.82) is 5.26 Å². The molecule has 0 aliphatic carbocycles. The number of benzene rings is 1. The summed E-state index contributed by atoms with van der Waals surface area (Å²) in [4.78, 5) is 0. The van der Waals surface area contributed by atoms with Crippen LogP contribution in [0, 0.1) is 17.1 Å². The fraction of sp³-hybridized carbons (Fsp3) is 0.364. The fourth-order valence-corrected chi connectivity index (χ4v) is 1.91. The van der Waals surface area contributed by atoms with E-state index in [2.05, 4.69) is 15.9 Å². The van der Waals surface area contributed by atoms with Crippen molar-refractivity contribution in [3.8, 4) is 11.8 Å². The van der Waals surface area contributed by atoms with Gasteiger partial charge in [-0.2, -0.15) is 5.26 Å². The largest absolute Gasteiger partial charge is 0.485 e. The van der Waals surface area contributed by atoms with E-state index in [9.17, 15) is 4.39 Å². The van der Waals surface area contributed by atoms with E-state index in [4.69, 9.17) is 14.7 Å². The number of hydrogen-bond acceptors (Lipinski definition) is 3. The highest BCUT2D eigenvalue weighted by Gasteiger charge is 2.20. The molecule has 16 heavy (non-hydrogen) atoms. The lowest BCUT2D eigenvalue weighted by atomic mass is 10.2. The molecule has 1 saturated heterocycles. The maximum Gasteiger partial charge on any atom is 0.180 e. The van der Waals surface area contributed by atoms with Crippen LogP contribution in [0.1, 0.15) is 12.0 Å². The van der Waals surface area contributed by atoms with Crippen LogP contribution in [0.2, 0.25) is 0 Å². The molecule has 1 aliphatic rings. The first kappa shape index (κ1) is 11.4. The first-order valence-electron chi connectivity index (χ1n) is 4.85. The lowest BCUT2D eigenvalue weighted by Gasteiger charge is -2.13. The van der Waals surface area contributed by atoms with Gasteiger partial charge in [-0.05, 0) is 28.1 Å². The summed E-state index contributed by atoms with van der Waals surface area (Å²) in [6.45, 7) is 1.13. The smallest absolute Gasteiger partial charge is 0.180 e. The molecule has 1 aliphatic heterocycles. The Balaban J connectivity index is 2.22. The summed E-state index contributed by atoms with van der Waals surface area (Å²) in [5.41, 5.74) is 0.257. The zero-order valence-corrected chi connectivity index (χ0v) is 9.96. The lowest BCUT2D eigenvalue weighted by molar-refractivity contribution is 0.138. The molecule has 1 aromatic carbocycles. The molecule has 1 heterocycles. The molecule has 1 unspecified atom stereocenters. The summed E-state index contributed by atoms with van der Waals surface area (Å²) in [6.07, 6.45) is 0.659. The van der Waals surface area contributed by atoms with Gasteiger partial charge >= 0.3 is 0 Å². The second-order valence-electron chi connectivity index (χ2n) is 3.45. The van der Waals surface area contributed by atoms with Crippen LogP contribution in [-0.2, 0) is 4.74 Å². The summed E-state index contributed by atoms with van der Waals surface area (Å²) < 4.78 is 24.5. The normalized spacial score (nSPS) is 19.4. The van der Waals surface area contributed by atoms with Crippen LogP contribution in [0.4, 0.5) is 4.39 Å². The standard InChI is InChI=1S/C11H9BrFNO2/c12-10-7(5-14)1-2-9(11(10)13)16-8-3-4-15-6-8/h1-2,8H,3-4,6H2. The van der Waals surface area contributed by atoms with E-state index < -0.39 is 5.82 Å². The molecule has 3 nitrogen and oxygen atoms in total. The van der Waals surface area contributed by atoms with Crippen LogP contribution < -0.4 is 4.74 Å². The van der Waals surface area contributed by atoms with Gasteiger partial charge in [0.2, 0.25) is 0 Å². The lowest BCUT2D eigenvalue weighted by Crippen LogP contribution is -2.16. The third-order valence-corrected chi connectivity index (χ3v) is 3.12. The monoisotopic (exact) mass is 285 g/mol. The van der Waals surface area contributed by atoms with Gasteiger partial charge in [0.05, 0.1) is 23.2 Å². The molecule has 0 N–H and O–H groups in total. The molecule has 84 valence electrons. The minimum Gasteiger partial charge on any atom is -0.485 e. The summed E-state index contributed by atoms with van der Waals surface area (Å²) in [5, 5.41) is 8.71. The van der Waals surface area contributed by atoms with Crippen molar-refractivity contribution in [2.24, 2.45) is 0 Å². The van der Waals surface area contributed by atoms with Crippen molar-refractivity contribution < 1.29 is 13.9 Å². The molecular formula is C11H9BrFNO2. The van der Waals surface area contributed by atoms with Crippen LogP contribution in [0.15, 0.2) is 16.6 Å². The number of nitrogens with zero attached hydrogens (tertiary/aromatic N) is 1. The molecule has 5 heteroatoms. The Labute approximate surface area is 101 Å². The van der Waals surface area contributed by atoms with E-state index in [1.54, 1.807) is 0 Å². The highest BCUT2D eigenvalue weighted by atomic mass is 79.9. The minimum atomic E-state index is -0.536. The van der Waals surface area contributed by atoms with Crippen molar-refractivity contribution in [2.45, 2.75) is 12.5 Å². The van der Waals surface area contributed by atoms with E-state index in [1.165, 1.54) is 12.1 Å². The van der Waals surface area contributed by atoms with Gasteiger partial charge in [-0.1, -0.05) is 0 Å². The summed E-state index contributed by atoms with van der Waals surface area (Å²) >= 11 is 3.03. The maximum absolute atomic E-state index is 13.7. The zero-order valence-electron chi connectivity index (χ0n) is 8.37. The average Bonchev–Trinajstić information content (AvgIpc) is 2.78. The Morgan fingerprint density at radius 1 is 1.56 bits per heavy atom. The Hall–Kier alpha value is -1.12. The van der Waals surface area contributed by atoms with E-state index in [0.717, 1.165) is 6.42 Å². The van der Waals surface area contributed by atoms with Gasteiger partial charge in [-0.3, -0.25) is 0 Å². The molecule has 0 bridgehead atoms. The van der Waals surface area contributed by atoms with Crippen molar-refractivity contribution in [3.05, 3.63) is 28.0 Å². The quantitative estimate of drug-likeness (QED) is 0.839. The maximum atomic E-state index is 13.7. The Morgan fingerprint density at radius 3 is 3.00 bits per heavy atom. The third kappa shape index (κ3) is 2.18. The van der Waals surface area contributed by atoms with Gasteiger partial charge in [0.1, 0.15) is 12.2 Å². The molecular weight excluding hydrogens is 277 g/mol. The second-order valence-corrected chi connectivity index (χ2v) is 4.25. The number of ether oxygens (including phenoxy) is 2. The molecule has 1 fully saturated rings. The highest BCUT2D eigenvalue weighted by molar-refractivity contribution is 9.10. The Morgan fingerprint density at radius 2 is 2.38 bits per heavy atom. The van der Waals surface area contributed by atoms with E-state index in [-0.39, 0.29) is 21.9 Å². The van der Waals surface area contributed by atoms with Gasteiger partial charge in [-0.15, -0.1) is 0 Å². The van der Waals surface area contributed by atoms with Crippen LogP contribution in [-0.4, -0.2) is 19.3 Å². The topological polar surface area (TPSA) is 42.2 Å². The number of halogens is 2. The van der Waals surface area contributed by atoms with Crippen molar-refractivity contribution in [1.82, 2.24) is 0 Å². The average molecular weight is 286 g/mol. The molecule has 1 atom stereocenters. The predicted octanol–water partition coefficient (Wildman–Crippen LogP) is 2.63. The molecule has 0 spiro atoms. The molecule has 0 aromatic heterocycles. The summed E-state index contributed by atoms with van der Waals surface area (Å²) in [5.74, 6) is -0.382. The van der Waals surface area contributed by atoms with Gasteiger partial charge in [0.25, 0.3) is 0 Å². The summed E-state index contributed by atoms with van der Waals surface area (Å²) in [6, 6.07) is 4.89. The van der Waals surface area contributed by atoms with Crippen LogP contribution in [0.3, 0.4) is 0 Å². The molecule has 2 rings (SSSR count). The zero-order chi connectivity index (χ0) is 11.5. The van der Waals surface area contributed by atoms with Crippen LogP contribution >= 0.6 is 15.9 Å². The highest BCUT2D eigenvalue weighted by Crippen LogP contribution is 2.29. The van der Waals surface area contributed by atoms with Gasteiger partial charge < -0.3 is 9.47 Å². The molecule has 0 radical (unpaired) electrons. The Bertz CT molecular complexity index is 438. The first-order chi connectivity index (χ1) is 7.72. The Kier molecular flexibility index (Phi) is 3.42. The van der Waals surface area contributed by atoms with Crippen molar-refractivity contribution in [2.75, 3.05) is 13.2 Å². The minimum absolute atomic E-state index is 0.102. The number of rotatable bonds is 2. The second kappa shape index (κ2) is 4.81. The molecule has 0 amide bonds. The predicted molar refractivity (Wildman–Crippen MR) is 58.7 cm³/mol. The van der Waals surface area contributed by atoms with Gasteiger partial charge in [0, 0.05) is 6.42 Å². The van der Waals surface area contributed by atoms with E-state index >= 15 is 0 Å². The van der Waals surface area contributed by atoms with Crippen LogP contribution in [0.5, 0.6) is 5.75 Å². The van der Waals surface area contributed by atoms with Crippen molar-refractivity contribution >= 4 is 15.9 Å². The third-order valence-electron chi connectivity index (χ3n) is 2.35. The SMILES string of the molecule is N#Cc1ccc(OC2CCOC2)c(F)c1Br. The van der Waals surface area contributed by atoms with Crippen molar-refractivity contribution in [3.63, 3.8) is 0 Å². The number of nitriles is 1. The fourth-order valence-electron chi connectivity index (χ4n) is 1.49. The summed E-state index contributed by atoms with van der Waals surface area (Å²) in [7, 11) is 0. The van der Waals surface area contributed by atoms with Gasteiger partial charge in [0.15, 0.2) is 11.6 Å². The van der Waals surface area contributed by atoms with E-state index in [1.807, 2.05) is 6.07 Å². The van der Waals surface area contributed by atoms with Gasteiger partial charge in [-0.25, -0.2) is 4.39 Å². The molecule has 0 saturated carbocycles. The molecule has 1 aromatic rings. The van der Waals surface area contributed by atoms with E-state index in [0.29, 0.717) is 13.2 Å². The number of hydrogen-bond donors (Lipinski definition) is 0. The van der Waals surface area contributed by atoms with Crippen LogP contribution in [0.25, 0.3) is 0 Å². The first-order valence-corrected chi connectivity index (χ1v) is 5.64.